The largest absolute Gasteiger partial charge is 0.493 e. The minimum absolute atomic E-state index is 0.0000448. The molecule has 4 rings (SSSR count). The maximum atomic E-state index is 13.0. The number of alkyl halides is 3. The van der Waals surface area contributed by atoms with E-state index in [0.717, 1.165) is 16.7 Å². The Hall–Kier alpha value is -1.58. The predicted octanol–water partition coefficient (Wildman–Crippen LogP) is 4.99. The molecular formula is C23H27F2IN2O2. The molecule has 0 saturated heterocycles. The Balaban J connectivity index is 0.00000124. The number of hydrogen-bond acceptors (Lipinski definition) is 4. The van der Waals surface area contributed by atoms with E-state index < -0.39 is 11.8 Å². The number of carbonyl (C=O) groups is 1. The molecule has 2 aromatic rings. The van der Waals surface area contributed by atoms with Crippen molar-refractivity contribution < 1.29 is 18.3 Å². The van der Waals surface area contributed by atoms with Crippen molar-refractivity contribution in [1.82, 2.24) is 4.90 Å². The van der Waals surface area contributed by atoms with Gasteiger partial charge in [-0.2, -0.15) is 0 Å². The number of benzene rings is 2. The number of halogens is 3. The third-order valence-corrected chi connectivity index (χ3v) is 5.46. The maximum Gasteiger partial charge on any atom is 0.255 e. The molecule has 1 aliphatic carbocycles. The molecule has 30 heavy (non-hydrogen) atoms. The van der Waals surface area contributed by atoms with Gasteiger partial charge in [-0.15, -0.1) is 0 Å². The van der Waals surface area contributed by atoms with Crippen LogP contribution < -0.4 is 10.5 Å². The SMILES string of the molecule is CI.C[C@H](N)c1ccc(CN2CC(=O)c3cc(OCC4CC4(F)F)ccc3C2)cc1. The lowest BCUT2D eigenvalue weighted by molar-refractivity contribution is 0.0848. The number of carbonyl (C=O) groups excluding carboxylic acids is 1. The fraction of sp³-hybridized carbons (Fsp3) is 0.435. The molecule has 1 fully saturated rings. The molecule has 0 amide bonds. The van der Waals surface area contributed by atoms with E-state index in [1.807, 2.05) is 42.2 Å². The zero-order chi connectivity index (χ0) is 21.9. The van der Waals surface area contributed by atoms with Crippen LogP contribution in [-0.2, 0) is 13.1 Å². The highest BCUT2D eigenvalue weighted by molar-refractivity contribution is 14.1. The summed E-state index contributed by atoms with van der Waals surface area (Å²) in [6, 6.07) is 13.4. The molecule has 2 N–H and O–H groups in total. The third-order valence-electron chi connectivity index (χ3n) is 5.46. The summed E-state index contributed by atoms with van der Waals surface area (Å²) in [7, 11) is 0. The second-order valence-corrected chi connectivity index (χ2v) is 7.89. The van der Waals surface area contributed by atoms with Gasteiger partial charge < -0.3 is 10.5 Å². The molecule has 0 spiro atoms. The maximum absolute atomic E-state index is 13.0. The van der Waals surface area contributed by atoms with Crippen LogP contribution in [0, 0.1) is 5.92 Å². The van der Waals surface area contributed by atoms with Crippen LogP contribution in [0.4, 0.5) is 8.78 Å². The van der Waals surface area contributed by atoms with Crippen LogP contribution in [0.15, 0.2) is 42.5 Å². The Morgan fingerprint density at radius 1 is 1.20 bits per heavy atom. The van der Waals surface area contributed by atoms with E-state index in [0.29, 0.717) is 30.9 Å². The Morgan fingerprint density at radius 2 is 1.87 bits per heavy atom. The standard InChI is InChI=1S/C22H24F2N2O2.CH3I/c1-14(25)16-4-2-15(3-5-16)10-26-11-17-6-7-19(8-20(17)21(27)12-26)28-13-18-9-22(18,23)24;1-2/h2-8,14,18H,9-13,25H2,1H3;1H3/t14-,18?;/m0./s1. The van der Waals surface area contributed by atoms with Crippen molar-refractivity contribution >= 4 is 28.4 Å². The number of nitrogens with two attached hydrogens (primary N) is 1. The van der Waals surface area contributed by atoms with Gasteiger partial charge in [0, 0.05) is 31.1 Å². The first-order chi connectivity index (χ1) is 14.3. The van der Waals surface area contributed by atoms with Gasteiger partial charge in [-0.3, -0.25) is 9.69 Å². The molecule has 1 saturated carbocycles. The minimum atomic E-state index is -2.59. The molecule has 0 radical (unpaired) electrons. The number of hydrogen-bond donors (Lipinski definition) is 1. The van der Waals surface area contributed by atoms with Crippen molar-refractivity contribution in [2.75, 3.05) is 18.1 Å². The van der Waals surface area contributed by atoms with Gasteiger partial charge in [0.15, 0.2) is 5.78 Å². The zero-order valence-electron chi connectivity index (χ0n) is 17.2. The summed E-state index contributed by atoms with van der Waals surface area (Å²) in [5, 5.41) is 0. The summed E-state index contributed by atoms with van der Waals surface area (Å²) in [6.07, 6.45) is -0.114. The number of ketones is 1. The fourth-order valence-electron chi connectivity index (χ4n) is 3.57. The molecule has 2 aliphatic rings. The molecule has 1 aliphatic heterocycles. The lowest BCUT2D eigenvalue weighted by Crippen LogP contribution is -2.34. The van der Waals surface area contributed by atoms with E-state index in [2.05, 4.69) is 27.5 Å². The first-order valence-electron chi connectivity index (χ1n) is 9.93. The van der Waals surface area contributed by atoms with Gasteiger partial charge in [-0.25, -0.2) is 8.78 Å². The molecule has 162 valence electrons. The highest BCUT2D eigenvalue weighted by atomic mass is 127. The van der Waals surface area contributed by atoms with Crippen molar-refractivity contribution in [1.29, 1.82) is 0 Å². The lowest BCUT2D eigenvalue weighted by Gasteiger charge is -2.28. The summed E-state index contributed by atoms with van der Waals surface area (Å²) in [4.78, 5) is 16.7. The number of ether oxygens (including phenoxy) is 1. The zero-order valence-corrected chi connectivity index (χ0v) is 19.4. The topological polar surface area (TPSA) is 55.6 Å². The van der Waals surface area contributed by atoms with Gasteiger partial charge in [0.25, 0.3) is 5.92 Å². The van der Waals surface area contributed by atoms with E-state index in [1.54, 1.807) is 12.1 Å². The monoisotopic (exact) mass is 528 g/mol. The van der Waals surface area contributed by atoms with Crippen LogP contribution in [-0.4, -0.2) is 34.7 Å². The van der Waals surface area contributed by atoms with Crippen LogP contribution in [0.1, 0.15) is 46.4 Å². The van der Waals surface area contributed by atoms with Crippen molar-refractivity contribution in [3.05, 3.63) is 64.7 Å². The number of fused-ring (bicyclic) bond motifs is 1. The number of nitrogens with zero attached hydrogens (tertiary/aromatic N) is 1. The molecule has 1 heterocycles. The molecule has 7 heteroatoms. The third kappa shape index (κ3) is 5.56. The first-order valence-corrected chi connectivity index (χ1v) is 12.1. The van der Waals surface area contributed by atoms with Crippen LogP contribution >= 0.6 is 22.6 Å². The predicted molar refractivity (Wildman–Crippen MR) is 122 cm³/mol. The Labute approximate surface area is 189 Å². The van der Waals surface area contributed by atoms with E-state index in [-0.39, 0.29) is 24.9 Å². The van der Waals surface area contributed by atoms with Gasteiger partial charge >= 0.3 is 0 Å². The molecule has 0 bridgehead atoms. The van der Waals surface area contributed by atoms with Gasteiger partial charge in [-0.1, -0.05) is 52.9 Å². The normalized spacial score (nSPS) is 20.6. The van der Waals surface area contributed by atoms with Gasteiger partial charge in [0.1, 0.15) is 5.75 Å². The van der Waals surface area contributed by atoms with Crippen molar-refractivity contribution in [2.45, 2.75) is 38.4 Å². The highest BCUT2D eigenvalue weighted by Crippen LogP contribution is 2.48. The quantitative estimate of drug-likeness (QED) is 0.424. The minimum Gasteiger partial charge on any atom is -0.493 e. The van der Waals surface area contributed by atoms with Gasteiger partial charge in [-0.05, 0) is 40.7 Å². The Bertz CT molecular complexity index is 887. The summed E-state index contributed by atoms with van der Waals surface area (Å²) in [5.41, 5.74) is 9.66. The first kappa shape index (κ1) is 23.1. The molecule has 2 aromatic carbocycles. The second-order valence-electron chi connectivity index (χ2n) is 7.89. The van der Waals surface area contributed by atoms with Crippen LogP contribution in [0.2, 0.25) is 0 Å². The van der Waals surface area contributed by atoms with Gasteiger partial charge in [0.05, 0.1) is 19.1 Å². The molecule has 4 nitrogen and oxygen atoms in total. The second kappa shape index (κ2) is 9.70. The lowest BCUT2D eigenvalue weighted by atomic mass is 9.97. The van der Waals surface area contributed by atoms with Crippen molar-refractivity contribution in [3.63, 3.8) is 0 Å². The van der Waals surface area contributed by atoms with Crippen molar-refractivity contribution in [2.24, 2.45) is 11.7 Å². The summed E-state index contributed by atoms with van der Waals surface area (Å²) >= 11 is 2.15. The average Bonchev–Trinajstić information content (AvgIpc) is 3.35. The average molecular weight is 528 g/mol. The van der Waals surface area contributed by atoms with E-state index in [1.165, 1.54) is 0 Å². The van der Waals surface area contributed by atoms with Crippen molar-refractivity contribution in [3.8, 4) is 5.75 Å². The van der Waals surface area contributed by atoms with E-state index in [4.69, 9.17) is 10.5 Å². The highest BCUT2D eigenvalue weighted by Gasteiger charge is 2.57. The van der Waals surface area contributed by atoms with Crippen LogP contribution in [0.25, 0.3) is 0 Å². The molecule has 0 aromatic heterocycles. The van der Waals surface area contributed by atoms with E-state index >= 15 is 0 Å². The molecule has 2 atom stereocenters. The summed E-state index contributed by atoms with van der Waals surface area (Å²) < 4.78 is 31.4. The summed E-state index contributed by atoms with van der Waals surface area (Å²) in [5.74, 6) is -2.79. The fourth-order valence-corrected chi connectivity index (χ4v) is 3.57. The van der Waals surface area contributed by atoms with Crippen LogP contribution in [0.5, 0.6) is 5.75 Å². The smallest absolute Gasteiger partial charge is 0.255 e. The Morgan fingerprint density at radius 3 is 2.47 bits per heavy atom. The van der Waals surface area contributed by atoms with E-state index in [9.17, 15) is 13.6 Å². The van der Waals surface area contributed by atoms with Crippen LogP contribution in [0.3, 0.4) is 0 Å². The number of Topliss-reactive ketones (excluding diaryl/α,β-unsaturated/α-hetero) is 1. The summed E-state index contributed by atoms with van der Waals surface area (Å²) in [6.45, 7) is 3.61. The number of rotatable bonds is 6. The molecular weight excluding hydrogens is 501 g/mol. The Kier molecular flexibility index (Phi) is 7.47. The van der Waals surface area contributed by atoms with Gasteiger partial charge in [0.2, 0.25) is 0 Å². The molecule has 1 unspecified atom stereocenters.